The summed E-state index contributed by atoms with van der Waals surface area (Å²) in [4.78, 5) is 11.9. The van der Waals surface area contributed by atoms with Crippen LogP contribution in [0.4, 0.5) is 4.79 Å². The first-order valence-corrected chi connectivity index (χ1v) is 5.89. The topological polar surface area (TPSA) is 71.0 Å². The molecule has 0 aliphatic heterocycles. The first-order valence-electron chi connectivity index (χ1n) is 5.89. The highest BCUT2D eigenvalue weighted by Crippen LogP contribution is 2.29. The molecule has 0 aromatic heterocycles. The maximum absolute atomic E-state index is 10.7. The summed E-state index contributed by atoms with van der Waals surface area (Å²) < 4.78 is 10.4. The summed E-state index contributed by atoms with van der Waals surface area (Å²) in [7, 11) is 4.68. The van der Waals surface area contributed by atoms with Gasteiger partial charge in [-0.2, -0.15) is 0 Å². The van der Waals surface area contributed by atoms with Gasteiger partial charge in [-0.3, -0.25) is 10.2 Å². The van der Waals surface area contributed by atoms with Crippen LogP contribution in [0.3, 0.4) is 0 Å². The average Bonchev–Trinajstić information content (AvgIpc) is 2.43. The Morgan fingerprint density at radius 3 is 2.53 bits per heavy atom. The largest absolute Gasteiger partial charge is 0.493 e. The summed E-state index contributed by atoms with van der Waals surface area (Å²) in [5.41, 5.74) is 0.997. The number of ether oxygens (including phenoxy) is 2. The Kier molecular flexibility index (Phi) is 5.44. The van der Waals surface area contributed by atoms with Gasteiger partial charge in [0.15, 0.2) is 11.5 Å². The van der Waals surface area contributed by atoms with Crippen molar-refractivity contribution in [1.82, 2.24) is 10.2 Å². The Hall–Kier alpha value is -1.95. The molecular weight excluding hydrogens is 248 g/mol. The summed E-state index contributed by atoms with van der Waals surface area (Å²) in [6, 6.07) is 5.62. The van der Waals surface area contributed by atoms with Gasteiger partial charge in [0, 0.05) is 13.1 Å². The number of hydrogen-bond donors (Lipinski definition) is 2. The summed E-state index contributed by atoms with van der Waals surface area (Å²) in [6.07, 6.45) is -0.966. The van der Waals surface area contributed by atoms with Crippen molar-refractivity contribution < 1.29 is 19.4 Å². The fraction of sp³-hybridized carbons (Fsp3) is 0.462. The van der Waals surface area contributed by atoms with Crippen LogP contribution in [0.1, 0.15) is 18.5 Å². The minimum absolute atomic E-state index is 0.00149. The van der Waals surface area contributed by atoms with Gasteiger partial charge < -0.3 is 14.6 Å². The molecule has 1 aromatic carbocycles. The molecule has 6 heteroatoms. The molecule has 0 aliphatic rings. The van der Waals surface area contributed by atoms with Crippen LogP contribution in [0.2, 0.25) is 0 Å². The van der Waals surface area contributed by atoms with Gasteiger partial charge in [0.1, 0.15) is 0 Å². The average molecular weight is 268 g/mol. The van der Waals surface area contributed by atoms with E-state index in [1.54, 1.807) is 14.2 Å². The summed E-state index contributed by atoms with van der Waals surface area (Å²) in [6.45, 7) is 2.21. The number of nitrogens with zero attached hydrogens (tertiary/aromatic N) is 1. The van der Waals surface area contributed by atoms with E-state index < -0.39 is 6.09 Å². The normalized spacial score (nSPS) is 11.8. The third-order valence-corrected chi connectivity index (χ3v) is 2.87. The quantitative estimate of drug-likeness (QED) is 0.771. The Balaban J connectivity index is 2.71. The second kappa shape index (κ2) is 6.84. The van der Waals surface area contributed by atoms with Crippen molar-refractivity contribution in [2.24, 2.45) is 0 Å². The zero-order valence-corrected chi connectivity index (χ0v) is 11.6. The van der Waals surface area contributed by atoms with Crippen LogP contribution in [-0.4, -0.2) is 44.0 Å². The maximum atomic E-state index is 10.7. The van der Waals surface area contributed by atoms with Crippen LogP contribution in [-0.2, 0) is 0 Å². The minimum atomic E-state index is -0.966. The zero-order valence-electron chi connectivity index (χ0n) is 11.6. The van der Waals surface area contributed by atoms with Crippen molar-refractivity contribution in [1.29, 1.82) is 0 Å². The summed E-state index contributed by atoms with van der Waals surface area (Å²) in [5, 5.41) is 11.9. The number of amides is 1. The Morgan fingerprint density at radius 2 is 2.00 bits per heavy atom. The van der Waals surface area contributed by atoms with E-state index in [9.17, 15) is 4.79 Å². The Labute approximate surface area is 112 Å². The van der Waals surface area contributed by atoms with Crippen molar-refractivity contribution in [2.75, 3.05) is 27.9 Å². The second-order valence-electron chi connectivity index (χ2n) is 4.18. The number of nitrogens with one attached hydrogen (secondary N) is 1. The van der Waals surface area contributed by atoms with Crippen molar-refractivity contribution >= 4 is 6.09 Å². The molecule has 0 radical (unpaired) electrons. The van der Waals surface area contributed by atoms with Crippen molar-refractivity contribution in [3.63, 3.8) is 0 Å². The second-order valence-corrected chi connectivity index (χ2v) is 4.18. The lowest BCUT2D eigenvalue weighted by atomic mass is 10.1. The molecule has 0 bridgehead atoms. The monoisotopic (exact) mass is 268 g/mol. The van der Waals surface area contributed by atoms with E-state index in [0.717, 1.165) is 5.56 Å². The van der Waals surface area contributed by atoms with Crippen molar-refractivity contribution in [3.8, 4) is 11.5 Å². The first-order chi connectivity index (χ1) is 8.99. The van der Waals surface area contributed by atoms with E-state index in [4.69, 9.17) is 14.6 Å². The van der Waals surface area contributed by atoms with Crippen LogP contribution in [0, 0.1) is 0 Å². The molecule has 1 amide bonds. The number of methoxy groups -OCH3 is 2. The molecule has 106 valence electrons. The minimum Gasteiger partial charge on any atom is -0.493 e. The molecule has 0 heterocycles. The van der Waals surface area contributed by atoms with E-state index in [0.29, 0.717) is 11.5 Å². The van der Waals surface area contributed by atoms with E-state index in [1.165, 1.54) is 11.9 Å². The molecule has 2 N–H and O–H groups in total. The fourth-order valence-corrected chi connectivity index (χ4v) is 1.58. The van der Waals surface area contributed by atoms with Gasteiger partial charge >= 0.3 is 6.09 Å². The molecule has 1 rings (SSSR count). The highest BCUT2D eigenvalue weighted by Gasteiger charge is 2.11. The molecule has 1 atom stereocenters. The third-order valence-electron chi connectivity index (χ3n) is 2.87. The van der Waals surface area contributed by atoms with Gasteiger partial charge in [-0.05, 0) is 24.6 Å². The molecule has 0 fully saturated rings. The molecule has 19 heavy (non-hydrogen) atoms. The number of carboxylic acid groups (broad SMARTS) is 1. The SMILES string of the molecule is COc1ccc(C(C)NCN(C)C(=O)O)cc1OC. The number of hydrogen-bond acceptors (Lipinski definition) is 4. The summed E-state index contributed by atoms with van der Waals surface area (Å²) >= 11 is 0. The van der Waals surface area contributed by atoms with Crippen LogP contribution in [0.15, 0.2) is 18.2 Å². The van der Waals surface area contributed by atoms with E-state index in [2.05, 4.69) is 5.32 Å². The number of benzene rings is 1. The smallest absolute Gasteiger partial charge is 0.408 e. The van der Waals surface area contributed by atoms with E-state index >= 15 is 0 Å². The van der Waals surface area contributed by atoms with Crippen molar-refractivity contribution in [3.05, 3.63) is 23.8 Å². The lowest BCUT2D eigenvalue weighted by molar-refractivity contribution is 0.151. The van der Waals surface area contributed by atoms with Gasteiger partial charge in [-0.25, -0.2) is 4.79 Å². The van der Waals surface area contributed by atoms with Crippen LogP contribution < -0.4 is 14.8 Å². The highest BCUT2D eigenvalue weighted by molar-refractivity contribution is 5.64. The van der Waals surface area contributed by atoms with E-state index in [1.807, 2.05) is 25.1 Å². The Morgan fingerprint density at radius 1 is 1.37 bits per heavy atom. The van der Waals surface area contributed by atoms with Gasteiger partial charge in [-0.15, -0.1) is 0 Å². The van der Waals surface area contributed by atoms with Gasteiger partial charge in [0.25, 0.3) is 0 Å². The standard InChI is InChI=1S/C13H20N2O4/c1-9(14-8-15(2)13(16)17)10-5-6-11(18-3)12(7-10)19-4/h5-7,9,14H,8H2,1-4H3,(H,16,17). The lowest BCUT2D eigenvalue weighted by Crippen LogP contribution is -2.36. The zero-order chi connectivity index (χ0) is 14.4. The van der Waals surface area contributed by atoms with Gasteiger partial charge in [0.2, 0.25) is 0 Å². The van der Waals surface area contributed by atoms with Gasteiger partial charge in [0.05, 0.1) is 20.9 Å². The van der Waals surface area contributed by atoms with Crippen LogP contribution in [0.25, 0.3) is 0 Å². The van der Waals surface area contributed by atoms with Gasteiger partial charge in [-0.1, -0.05) is 6.07 Å². The fourth-order valence-electron chi connectivity index (χ4n) is 1.58. The molecule has 0 saturated carbocycles. The molecule has 0 aliphatic carbocycles. The Bertz CT molecular complexity index is 437. The number of rotatable bonds is 6. The van der Waals surface area contributed by atoms with Crippen LogP contribution in [0.5, 0.6) is 11.5 Å². The number of carbonyl (C=O) groups is 1. The third kappa shape index (κ3) is 4.03. The predicted molar refractivity (Wildman–Crippen MR) is 71.8 cm³/mol. The molecule has 0 saturated heterocycles. The molecule has 1 unspecified atom stereocenters. The first kappa shape index (κ1) is 15.1. The molecule has 0 spiro atoms. The molecular formula is C13H20N2O4. The molecule has 6 nitrogen and oxygen atoms in total. The van der Waals surface area contributed by atoms with Crippen LogP contribution >= 0.6 is 0 Å². The van der Waals surface area contributed by atoms with Crippen molar-refractivity contribution in [2.45, 2.75) is 13.0 Å². The summed E-state index contributed by atoms with van der Waals surface area (Å²) in [5.74, 6) is 1.32. The van der Waals surface area contributed by atoms with E-state index in [-0.39, 0.29) is 12.7 Å². The highest BCUT2D eigenvalue weighted by atomic mass is 16.5. The maximum Gasteiger partial charge on any atom is 0.408 e. The predicted octanol–water partition coefficient (Wildman–Crippen LogP) is 1.92. The lowest BCUT2D eigenvalue weighted by Gasteiger charge is -2.20. The molecule has 1 aromatic rings.